The summed E-state index contributed by atoms with van der Waals surface area (Å²) in [6.45, 7) is 1.77. The van der Waals surface area contributed by atoms with Gasteiger partial charge in [0.1, 0.15) is 0 Å². The lowest BCUT2D eigenvalue weighted by molar-refractivity contribution is -0.148. The molecular weight excluding hydrogens is 204 g/mol. The SMILES string of the molecule is CC(Cc1cccnc1)C(=O)ON.Cl. The smallest absolute Gasteiger partial charge is 0.327 e. The third kappa shape index (κ3) is 3.72. The van der Waals surface area contributed by atoms with Crippen molar-refractivity contribution in [2.45, 2.75) is 13.3 Å². The minimum Gasteiger partial charge on any atom is -0.373 e. The predicted octanol–water partition coefficient (Wildman–Crippen LogP) is 1.10. The monoisotopic (exact) mass is 216 g/mol. The Morgan fingerprint density at radius 3 is 2.93 bits per heavy atom. The van der Waals surface area contributed by atoms with E-state index in [1.165, 1.54) is 0 Å². The van der Waals surface area contributed by atoms with Crippen LogP contribution in [-0.4, -0.2) is 11.0 Å². The molecule has 0 spiro atoms. The topological polar surface area (TPSA) is 65.2 Å². The highest BCUT2D eigenvalue weighted by atomic mass is 35.5. The maximum absolute atomic E-state index is 10.9. The van der Waals surface area contributed by atoms with E-state index in [2.05, 4.69) is 9.82 Å². The Balaban J connectivity index is 0.00000169. The summed E-state index contributed by atoms with van der Waals surface area (Å²) < 4.78 is 0. The Labute approximate surface area is 88.8 Å². The van der Waals surface area contributed by atoms with Crippen molar-refractivity contribution < 1.29 is 9.63 Å². The van der Waals surface area contributed by atoms with Crippen LogP contribution in [0.3, 0.4) is 0 Å². The van der Waals surface area contributed by atoms with Gasteiger partial charge in [-0.1, -0.05) is 13.0 Å². The van der Waals surface area contributed by atoms with Crippen LogP contribution in [-0.2, 0) is 16.1 Å². The van der Waals surface area contributed by atoms with Crippen LogP contribution in [0.4, 0.5) is 0 Å². The average molecular weight is 217 g/mol. The van der Waals surface area contributed by atoms with Gasteiger partial charge in [-0.2, -0.15) is 5.90 Å². The fourth-order valence-corrected chi connectivity index (χ4v) is 1.07. The lowest BCUT2D eigenvalue weighted by atomic mass is 10.0. The van der Waals surface area contributed by atoms with Gasteiger partial charge in [-0.3, -0.25) is 9.78 Å². The van der Waals surface area contributed by atoms with Crippen LogP contribution >= 0.6 is 12.4 Å². The van der Waals surface area contributed by atoms with Crippen LogP contribution in [0.25, 0.3) is 0 Å². The van der Waals surface area contributed by atoms with Crippen molar-refractivity contribution in [3.05, 3.63) is 30.1 Å². The van der Waals surface area contributed by atoms with Gasteiger partial charge in [0, 0.05) is 12.4 Å². The Morgan fingerprint density at radius 1 is 1.71 bits per heavy atom. The van der Waals surface area contributed by atoms with E-state index >= 15 is 0 Å². The van der Waals surface area contributed by atoms with Crippen molar-refractivity contribution in [2.75, 3.05) is 0 Å². The molecule has 1 atom stereocenters. The molecule has 2 N–H and O–H groups in total. The second kappa shape index (κ2) is 6.34. The molecule has 0 aliphatic heterocycles. The normalized spacial score (nSPS) is 11.3. The number of nitrogens with two attached hydrogens (primary N) is 1. The average Bonchev–Trinajstić information content (AvgIpc) is 2.18. The molecule has 1 rings (SSSR count). The van der Waals surface area contributed by atoms with E-state index in [0.29, 0.717) is 6.42 Å². The molecule has 0 fully saturated rings. The number of carbonyl (C=O) groups is 1. The number of nitrogens with zero attached hydrogens (tertiary/aromatic N) is 1. The highest BCUT2D eigenvalue weighted by Crippen LogP contribution is 2.07. The Kier molecular flexibility index (Phi) is 5.83. The first-order valence-corrected chi connectivity index (χ1v) is 4.03. The molecule has 1 aromatic rings. The maximum Gasteiger partial charge on any atom is 0.327 e. The molecule has 0 aliphatic carbocycles. The van der Waals surface area contributed by atoms with Gasteiger partial charge in [0.15, 0.2) is 0 Å². The first-order chi connectivity index (χ1) is 6.24. The van der Waals surface area contributed by atoms with Gasteiger partial charge < -0.3 is 4.84 Å². The summed E-state index contributed by atoms with van der Waals surface area (Å²) in [6.07, 6.45) is 4.01. The second-order valence-electron chi connectivity index (χ2n) is 2.90. The lowest BCUT2D eigenvalue weighted by Gasteiger charge is -2.07. The number of pyridine rings is 1. The van der Waals surface area contributed by atoms with E-state index in [-0.39, 0.29) is 18.3 Å². The number of carbonyl (C=O) groups excluding carboxylic acids is 1. The summed E-state index contributed by atoms with van der Waals surface area (Å²) in [5.41, 5.74) is 1.00. The van der Waals surface area contributed by atoms with Gasteiger partial charge in [-0.25, -0.2) is 0 Å². The minimum atomic E-state index is -0.399. The van der Waals surface area contributed by atoms with Crippen molar-refractivity contribution >= 4 is 18.4 Å². The molecule has 0 saturated carbocycles. The van der Waals surface area contributed by atoms with Gasteiger partial charge >= 0.3 is 5.97 Å². The molecule has 0 amide bonds. The van der Waals surface area contributed by atoms with Gasteiger partial charge in [-0.05, 0) is 18.1 Å². The number of aromatic nitrogens is 1. The highest BCUT2D eigenvalue weighted by Gasteiger charge is 2.13. The zero-order valence-electron chi connectivity index (χ0n) is 7.84. The van der Waals surface area contributed by atoms with Crippen molar-refractivity contribution in [1.29, 1.82) is 0 Å². The Bertz CT molecular complexity index is 279. The van der Waals surface area contributed by atoms with Crippen molar-refractivity contribution in [3.63, 3.8) is 0 Å². The standard InChI is InChI=1S/C9H12N2O2.ClH/c1-7(9(12)13-10)5-8-3-2-4-11-6-8;/h2-4,6-7H,5,10H2,1H3;1H. The molecule has 1 aromatic heterocycles. The summed E-state index contributed by atoms with van der Waals surface area (Å²) in [7, 11) is 0. The van der Waals surface area contributed by atoms with E-state index in [1.54, 1.807) is 19.3 Å². The van der Waals surface area contributed by atoms with Gasteiger partial charge in [0.05, 0.1) is 5.92 Å². The molecule has 5 heteroatoms. The fraction of sp³-hybridized carbons (Fsp3) is 0.333. The van der Waals surface area contributed by atoms with E-state index < -0.39 is 5.97 Å². The quantitative estimate of drug-likeness (QED) is 0.769. The molecule has 0 radical (unpaired) electrons. The van der Waals surface area contributed by atoms with Crippen LogP contribution in [0.2, 0.25) is 0 Å². The number of hydrogen-bond acceptors (Lipinski definition) is 4. The minimum absolute atomic E-state index is 0. The highest BCUT2D eigenvalue weighted by molar-refractivity contribution is 5.85. The summed E-state index contributed by atoms with van der Waals surface area (Å²) in [4.78, 5) is 19.0. The third-order valence-corrected chi connectivity index (χ3v) is 1.78. The van der Waals surface area contributed by atoms with Crippen molar-refractivity contribution in [3.8, 4) is 0 Å². The molecule has 14 heavy (non-hydrogen) atoms. The molecule has 78 valence electrons. The molecule has 0 aliphatic rings. The first-order valence-electron chi connectivity index (χ1n) is 4.03. The largest absolute Gasteiger partial charge is 0.373 e. The van der Waals surface area contributed by atoms with Crippen LogP contribution in [0.1, 0.15) is 12.5 Å². The number of hydrogen-bond donors (Lipinski definition) is 1. The van der Waals surface area contributed by atoms with E-state index in [9.17, 15) is 4.79 Å². The summed E-state index contributed by atoms with van der Waals surface area (Å²) in [6, 6.07) is 3.74. The van der Waals surface area contributed by atoms with Crippen molar-refractivity contribution in [2.24, 2.45) is 11.8 Å². The molecular formula is C9H13ClN2O2. The number of rotatable bonds is 3. The molecule has 0 bridgehead atoms. The molecule has 1 heterocycles. The van der Waals surface area contributed by atoms with E-state index in [4.69, 9.17) is 5.90 Å². The lowest BCUT2D eigenvalue weighted by Crippen LogP contribution is -2.20. The van der Waals surface area contributed by atoms with Crippen LogP contribution in [0.15, 0.2) is 24.5 Å². The zero-order chi connectivity index (χ0) is 9.68. The Hall–Kier alpha value is -1.13. The molecule has 4 nitrogen and oxygen atoms in total. The summed E-state index contributed by atoms with van der Waals surface area (Å²) >= 11 is 0. The number of halogens is 1. The fourth-order valence-electron chi connectivity index (χ4n) is 1.07. The van der Waals surface area contributed by atoms with E-state index in [1.807, 2.05) is 12.1 Å². The van der Waals surface area contributed by atoms with Crippen molar-refractivity contribution in [1.82, 2.24) is 4.98 Å². The van der Waals surface area contributed by atoms with Gasteiger partial charge in [0.2, 0.25) is 0 Å². The maximum atomic E-state index is 10.9. The second-order valence-corrected chi connectivity index (χ2v) is 2.90. The molecule has 0 aromatic carbocycles. The van der Waals surface area contributed by atoms with Crippen LogP contribution < -0.4 is 5.90 Å². The molecule has 1 unspecified atom stereocenters. The first kappa shape index (κ1) is 12.9. The van der Waals surface area contributed by atoms with Crippen LogP contribution in [0.5, 0.6) is 0 Å². The molecule has 0 saturated heterocycles. The third-order valence-electron chi connectivity index (χ3n) is 1.78. The summed E-state index contributed by atoms with van der Waals surface area (Å²) in [5, 5.41) is 0. The van der Waals surface area contributed by atoms with Crippen LogP contribution in [0, 0.1) is 5.92 Å². The van der Waals surface area contributed by atoms with Gasteiger partial charge in [-0.15, -0.1) is 12.4 Å². The van der Waals surface area contributed by atoms with E-state index in [0.717, 1.165) is 5.56 Å². The Morgan fingerprint density at radius 2 is 2.43 bits per heavy atom. The summed E-state index contributed by atoms with van der Waals surface area (Å²) in [5.74, 6) is 4.13. The predicted molar refractivity (Wildman–Crippen MR) is 54.6 cm³/mol. The zero-order valence-corrected chi connectivity index (χ0v) is 8.66. The van der Waals surface area contributed by atoms with Gasteiger partial charge in [0.25, 0.3) is 0 Å².